The van der Waals surface area contributed by atoms with E-state index in [2.05, 4.69) is 64.7 Å². The fraction of sp³-hybridized carbons (Fsp3) is 0.421. The highest BCUT2D eigenvalue weighted by Crippen LogP contribution is 2.33. The first kappa shape index (κ1) is 15.6. The molecule has 0 aliphatic heterocycles. The van der Waals surface area contributed by atoms with Gasteiger partial charge in [-0.25, -0.2) is 0 Å². The smallest absolute Gasteiger partial charge is 0.248 e. The van der Waals surface area contributed by atoms with Crippen LogP contribution in [0.15, 0.2) is 41.2 Å². The average Bonchev–Trinajstić information content (AvgIpc) is 2.36. The summed E-state index contributed by atoms with van der Waals surface area (Å²) in [5.41, 5.74) is 4.61. The number of nitrogens with one attached hydrogen (secondary N) is 1. The van der Waals surface area contributed by atoms with Gasteiger partial charge in [-0.3, -0.25) is 4.79 Å². The minimum absolute atomic E-state index is 0.0639. The molecule has 0 spiro atoms. The lowest BCUT2D eigenvalue weighted by molar-refractivity contribution is 0.569. The summed E-state index contributed by atoms with van der Waals surface area (Å²) < 4.78 is 0. The number of benzene rings is 1. The quantitative estimate of drug-likeness (QED) is 0.812. The van der Waals surface area contributed by atoms with Crippen LogP contribution < -0.4 is 5.56 Å². The van der Waals surface area contributed by atoms with Crippen molar-refractivity contribution in [3.05, 3.63) is 57.9 Å². The van der Waals surface area contributed by atoms with E-state index >= 15 is 0 Å². The summed E-state index contributed by atoms with van der Waals surface area (Å²) in [5.74, 6) is 0. The van der Waals surface area contributed by atoms with Crippen molar-refractivity contribution in [3.8, 4) is 11.3 Å². The largest absolute Gasteiger partial charge is 0.322 e. The zero-order valence-electron chi connectivity index (χ0n) is 13.9. The number of pyridine rings is 1. The molecule has 0 saturated heterocycles. The van der Waals surface area contributed by atoms with Crippen LogP contribution in [0.1, 0.15) is 52.7 Å². The van der Waals surface area contributed by atoms with E-state index in [1.807, 2.05) is 6.07 Å². The predicted molar refractivity (Wildman–Crippen MR) is 89.9 cm³/mol. The summed E-state index contributed by atoms with van der Waals surface area (Å²) in [6.45, 7) is 13.3. The van der Waals surface area contributed by atoms with Gasteiger partial charge in [0.05, 0.1) is 0 Å². The van der Waals surface area contributed by atoms with E-state index < -0.39 is 0 Å². The third-order valence-electron chi connectivity index (χ3n) is 3.74. The second kappa shape index (κ2) is 5.18. The summed E-state index contributed by atoms with van der Waals surface area (Å²) in [7, 11) is 0. The third kappa shape index (κ3) is 3.63. The molecule has 0 amide bonds. The van der Waals surface area contributed by atoms with E-state index in [-0.39, 0.29) is 16.4 Å². The van der Waals surface area contributed by atoms with Crippen molar-refractivity contribution in [2.45, 2.75) is 52.4 Å². The molecule has 0 bridgehead atoms. The summed E-state index contributed by atoms with van der Waals surface area (Å²) >= 11 is 0. The van der Waals surface area contributed by atoms with Gasteiger partial charge in [-0.05, 0) is 45.7 Å². The normalized spacial score (nSPS) is 12.5. The molecule has 2 heteroatoms. The van der Waals surface area contributed by atoms with E-state index in [0.29, 0.717) is 0 Å². The van der Waals surface area contributed by atoms with Crippen molar-refractivity contribution in [1.29, 1.82) is 0 Å². The molecular weight excluding hydrogens is 258 g/mol. The van der Waals surface area contributed by atoms with E-state index in [4.69, 9.17) is 0 Å². The summed E-state index contributed by atoms with van der Waals surface area (Å²) in [6, 6.07) is 11.9. The fourth-order valence-corrected chi connectivity index (χ4v) is 2.27. The van der Waals surface area contributed by atoms with Crippen LogP contribution in [0.2, 0.25) is 0 Å². The molecule has 2 rings (SSSR count). The lowest BCUT2D eigenvalue weighted by atomic mass is 9.79. The maximum atomic E-state index is 11.6. The molecule has 0 saturated carbocycles. The topological polar surface area (TPSA) is 32.9 Å². The average molecular weight is 283 g/mol. The molecule has 0 fully saturated rings. The minimum Gasteiger partial charge on any atom is -0.322 e. The van der Waals surface area contributed by atoms with E-state index in [0.717, 1.165) is 11.3 Å². The summed E-state index contributed by atoms with van der Waals surface area (Å²) in [4.78, 5) is 14.5. The van der Waals surface area contributed by atoms with Gasteiger partial charge in [-0.2, -0.15) is 0 Å². The Hall–Kier alpha value is -1.83. The lowest BCUT2D eigenvalue weighted by Gasteiger charge is -2.26. The van der Waals surface area contributed by atoms with Gasteiger partial charge in [-0.15, -0.1) is 0 Å². The molecule has 1 aromatic carbocycles. The number of H-pyrrole nitrogens is 1. The Morgan fingerprint density at radius 1 is 0.810 bits per heavy atom. The second-order valence-corrected chi connectivity index (χ2v) is 7.73. The lowest BCUT2D eigenvalue weighted by Crippen LogP contribution is -2.16. The Balaban J connectivity index is 2.69. The second-order valence-electron chi connectivity index (χ2n) is 7.73. The predicted octanol–water partition coefficient (Wildman–Crippen LogP) is 4.64. The van der Waals surface area contributed by atoms with Gasteiger partial charge in [-0.1, -0.05) is 53.7 Å². The van der Waals surface area contributed by atoms with Crippen LogP contribution in [0.3, 0.4) is 0 Å². The van der Waals surface area contributed by atoms with Crippen molar-refractivity contribution in [2.75, 3.05) is 0 Å². The van der Waals surface area contributed by atoms with Gasteiger partial charge >= 0.3 is 0 Å². The third-order valence-corrected chi connectivity index (χ3v) is 3.74. The van der Waals surface area contributed by atoms with Crippen LogP contribution in [0.4, 0.5) is 0 Å². The Morgan fingerprint density at radius 2 is 1.33 bits per heavy atom. The van der Waals surface area contributed by atoms with Crippen LogP contribution in [-0.2, 0) is 10.8 Å². The van der Waals surface area contributed by atoms with Crippen LogP contribution >= 0.6 is 0 Å². The molecule has 2 aromatic rings. The van der Waals surface area contributed by atoms with Crippen molar-refractivity contribution in [2.24, 2.45) is 0 Å². The zero-order valence-corrected chi connectivity index (χ0v) is 13.9. The first-order valence-corrected chi connectivity index (χ1v) is 7.43. The zero-order chi connectivity index (χ0) is 15.8. The molecule has 0 unspecified atom stereocenters. The van der Waals surface area contributed by atoms with Crippen LogP contribution in [0.25, 0.3) is 11.3 Å². The standard InChI is InChI=1S/C19H25NO/c1-18(2,3)14-10-13(11-15(12-14)19(4,5)6)16-8-7-9-17(21)20-16/h7-12H,1-6H3,(H,20,21). The van der Waals surface area contributed by atoms with E-state index in [9.17, 15) is 4.79 Å². The van der Waals surface area contributed by atoms with Crippen LogP contribution in [0.5, 0.6) is 0 Å². The van der Waals surface area contributed by atoms with Gasteiger partial charge in [0.15, 0.2) is 0 Å². The SMILES string of the molecule is CC(C)(C)c1cc(-c2cccc(=O)[nH]2)cc(C(C)(C)C)c1. The first-order chi connectivity index (χ1) is 9.57. The molecule has 0 aliphatic carbocycles. The van der Waals surface area contributed by atoms with Gasteiger partial charge in [0.1, 0.15) is 0 Å². The van der Waals surface area contributed by atoms with Gasteiger partial charge < -0.3 is 4.98 Å². The maximum Gasteiger partial charge on any atom is 0.248 e. The number of hydrogen-bond donors (Lipinski definition) is 1. The molecule has 1 N–H and O–H groups in total. The Kier molecular flexibility index (Phi) is 3.83. The van der Waals surface area contributed by atoms with Crippen LogP contribution in [0, 0.1) is 0 Å². The Labute approximate surface area is 127 Å². The minimum atomic E-state index is -0.0639. The van der Waals surface area contributed by atoms with Crippen molar-refractivity contribution >= 4 is 0 Å². The molecule has 112 valence electrons. The van der Waals surface area contributed by atoms with Gasteiger partial charge in [0.25, 0.3) is 0 Å². The molecule has 1 heterocycles. The molecule has 2 nitrogen and oxygen atoms in total. The first-order valence-electron chi connectivity index (χ1n) is 7.43. The number of hydrogen-bond acceptors (Lipinski definition) is 1. The monoisotopic (exact) mass is 283 g/mol. The maximum absolute atomic E-state index is 11.6. The van der Waals surface area contributed by atoms with E-state index in [1.165, 1.54) is 11.1 Å². The molecule has 0 aliphatic rings. The van der Waals surface area contributed by atoms with Crippen molar-refractivity contribution in [1.82, 2.24) is 4.98 Å². The molecule has 1 aromatic heterocycles. The molecule has 0 radical (unpaired) electrons. The Bertz CT molecular complexity index is 664. The fourth-order valence-electron chi connectivity index (χ4n) is 2.27. The number of rotatable bonds is 1. The summed E-state index contributed by atoms with van der Waals surface area (Å²) in [5, 5.41) is 0. The highest BCUT2D eigenvalue weighted by Gasteiger charge is 2.20. The summed E-state index contributed by atoms with van der Waals surface area (Å²) in [6.07, 6.45) is 0. The van der Waals surface area contributed by atoms with Gasteiger partial charge in [0, 0.05) is 11.8 Å². The molecule has 0 atom stereocenters. The number of aromatic amines is 1. The molecular formula is C19H25NO. The highest BCUT2D eigenvalue weighted by atomic mass is 16.1. The number of aromatic nitrogens is 1. The molecule has 21 heavy (non-hydrogen) atoms. The van der Waals surface area contributed by atoms with Crippen molar-refractivity contribution < 1.29 is 0 Å². The Morgan fingerprint density at radius 3 is 1.76 bits per heavy atom. The van der Waals surface area contributed by atoms with Crippen molar-refractivity contribution in [3.63, 3.8) is 0 Å². The van der Waals surface area contributed by atoms with Crippen LogP contribution in [-0.4, -0.2) is 4.98 Å². The van der Waals surface area contributed by atoms with E-state index in [1.54, 1.807) is 12.1 Å². The van der Waals surface area contributed by atoms with Gasteiger partial charge in [0.2, 0.25) is 5.56 Å². The highest BCUT2D eigenvalue weighted by molar-refractivity contribution is 5.62.